The van der Waals surface area contributed by atoms with E-state index in [2.05, 4.69) is 0 Å². The number of hydrogen-bond acceptors (Lipinski definition) is 2. The van der Waals surface area contributed by atoms with Crippen molar-refractivity contribution >= 4 is 5.97 Å². The number of carboxylic acid groups (broad SMARTS) is 1. The standard InChI is InChI=1S/C11H12F3NO2/c1-15(6-10(13)14)5-8-3-2-7(11(16)17)4-9(8)12/h2-4,10H,5-6H2,1H3,(H,16,17). The molecule has 0 atom stereocenters. The Labute approximate surface area is 96.5 Å². The van der Waals surface area contributed by atoms with Crippen molar-refractivity contribution in [3.05, 3.63) is 35.1 Å². The van der Waals surface area contributed by atoms with Crippen molar-refractivity contribution in [1.82, 2.24) is 4.90 Å². The normalized spacial score (nSPS) is 11.2. The van der Waals surface area contributed by atoms with Gasteiger partial charge in [-0.25, -0.2) is 18.0 Å². The predicted molar refractivity (Wildman–Crippen MR) is 55.7 cm³/mol. The summed E-state index contributed by atoms with van der Waals surface area (Å²) in [5.41, 5.74) is 0.0286. The number of nitrogens with zero attached hydrogens (tertiary/aromatic N) is 1. The van der Waals surface area contributed by atoms with Crippen molar-refractivity contribution in [2.45, 2.75) is 13.0 Å². The van der Waals surface area contributed by atoms with Gasteiger partial charge in [0.05, 0.1) is 12.1 Å². The maximum absolute atomic E-state index is 13.4. The summed E-state index contributed by atoms with van der Waals surface area (Å²) in [6.07, 6.45) is -2.48. The van der Waals surface area contributed by atoms with Gasteiger partial charge in [-0.3, -0.25) is 4.90 Å². The largest absolute Gasteiger partial charge is 0.478 e. The molecule has 3 nitrogen and oxygen atoms in total. The molecule has 0 aliphatic carbocycles. The van der Waals surface area contributed by atoms with Gasteiger partial charge in [0, 0.05) is 12.1 Å². The molecule has 1 N–H and O–H groups in total. The average molecular weight is 247 g/mol. The van der Waals surface area contributed by atoms with Gasteiger partial charge in [-0.1, -0.05) is 6.07 Å². The highest BCUT2D eigenvalue weighted by molar-refractivity contribution is 5.87. The van der Waals surface area contributed by atoms with E-state index >= 15 is 0 Å². The van der Waals surface area contributed by atoms with Crippen LogP contribution in [-0.2, 0) is 6.54 Å². The molecule has 94 valence electrons. The third kappa shape index (κ3) is 4.07. The second-order valence-electron chi connectivity index (χ2n) is 3.70. The molecule has 1 aromatic carbocycles. The molecule has 17 heavy (non-hydrogen) atoms. The number of alkyl halides is 2. The molecular weight excluding hydrogens is 235 g/mol. The van der Waals surface area contributed by atoms with Crippen molar-refractivity contribution in [3.63, 3.8) is 0 Å². The van der Waals surface area contributed by atoms with Gasteiger partial charge in [-0.2, -0.15) is 0 Å². The molecule has 0 aromatic heterocycles. The van der Waals surface area contributed by atoms with Gasteiger partial charge in [0.15, 0.2) is 0 Å². The summed E-state index contributed by atoms with van der Waals surface area (Å²) < 4.78 is 37.5. The van der Waals surface area contributed by atoms with Crippen LogP contribution in [0.5, 0.6) is 0 Å². The van der Waals surface area contributed by atoms with Crippen LogP contribution in [0.25, 0.3) is 0 Å². The van der Waals surface area contributed by atoms with Gasteiger partial charge in [-0.05, 0) is 19.2 Å². The van der Waals surface area contributed by atoms with E-state index in [1.165, 1.54) is 24.1 Å². The lowest BCUT2D eigenvalue weighted by Crippen LogP contribution is -2.24. The fourth-order valence-corrected chi connectivity index (χ4v) is 1.40. The minimum atomic E-state index is -2.48. The Morgan fingerprint density at radius 1 is 1.47 bits per heavy atom. The van der Waals surface area contributed by atoms with Crippen LogP contribution in [0.1, 0.15) is 15.9 Å². The molecule has 0 amide bonds. The van der Waals surface area contributed by atoms with Crippen LogP contribution < -0.4 is 0 Å². The highest BCUT2D eigenvalue weighted by Gasteiger charge is 2.12. The number of rotatable bonds is 5. The highest BCUT2D eigenvalue weighted by Crippen LogP contribution is 2.13. The van der Waals surface area contributed by atoms with E-state index in [0.717, 1.165) is 6.07 Å². The molecule has 6 heteroatoms. The summed E-state index contributed by atoms with van der Waals surface area (Å²) in [4.78, 5) is 11.8. The van der Waals surface area contributed by atoms with E-state index in [4.69, 9.17) is 5.11 Å². The lowest BCUT2D eigenvalue weighted by Gasteiger charge is -2.16. The maximum atomic E-state index is 13.4. The molecule has 0 aliphatic heterocycles. The Morgan fingerprint density at radius 3 is 2.59 bits per heavy atom. The summed E-state index contributed by atoms with van der Waals surface area (Å²) in [6, 6.07) is 3.42. The molecule has 0 fully saturated rings. The molecule has 0 aliphatic rings. The zero-order valence-electron chi connectivity index (χ0n) is 9.16. The third-order valence-electron chi connectivity index (χ3n) is 2.19. The van der Waals surface area contributed by atoms with Crippen LogP contribution in [0.4, 0.5) is 13.2 Å². The van der Waals surface area contributed by atoms with E-state index in [0.29, 0.717) is 0 Å². The lowest BCUT2D eigenvalue weighted by atomic mass is 10.1. The summed E-state index contributed by atoms with van der Waals surface area (Å²) >= 11 is 0. The average Bonchev–Trinajstić information content (AvgIpc) is 2.19. The first-order chi connectivity index (χ1) is 7.90. The summed E-state index contributed by atoms with van der Waals surface area (Å²) in [5.74, 6) is -1.93. The van der Waals surface area contributed by atoms with Gasteiger partial charge >= 0.3 is 5.97 Å². The first-order valence-corrected chi connectivity index (χ1v) is 4.88. The summed E-state index contributed by atoms with van der Waals surface area (Å²) in [6.45, 7) is -0.448. The summed E-state index contributed by atoms with van der Waals surface area (Å²) in [7, 11) is 1.44. The van der Waals surface area contributed by atoms with Crippen molar-refractivity contribution in [1.29, 1.82) is 0 Å². The van der Waals surface area contributed by atoms with E-state index in [9.17, 15) is 18.0 Å². The summed E-state index contributed by atoms with van der Waals surface area (Å²) in [5, 5.41) is 8.62. The zero-order valence-corrected chi connectivity index (χ0v) is 9.16. The van der Waals surface area contributed by atoms with Crippen LogP contribution >= 0.6 is 0 Å². The molecule has 0 saturated heterocycles. The first-order valence-electron chi connectivity index (χ1n) is 4.88. The topological polar surface area (TPSA) is 40.5 Å². The fraction of sp³-hybridized carbons (Fsp3) is 0.364. The zero-order chi connectivity index (χ0) is 13.0. The van der Waals surface area contributed by atoms with Gasteiger partial charge < -0.3 is 5.11 Å². The van der Waals surface area contributed by atoms with Crippen LogP contribution in [0, 0.1) is 5.82 Å². The lowest BCUT2D eigenvalue weighted by molar-refractivity contribution is 0.0696. The second-order valence-corrected chi connectivity index (χ2v) is 3.70. The Morgan fingerprint density at radius 2 is 2.12 bits per heavy atom. The molecule has 0 bridgehead atoms. The maximum Gasteiger partial charge on any atom is 0.335 e. The monoisotopic (exact) mass is 247 g/mol. The van der Waals surface area contributed by atoms with Crippen molar-refractivity contribution in [2.75, 3.05) is 13.6 Å². The third-order valence-corrected chi connectivity index (χ3v) is 2.19. The molecule has 0 spiro atoms. The highest BCUT2D eigenvalue weighted by atomic mass is 19.3. The van der Waals surface area contributed by atoms with Crippen LogP contribution in [0.3, 0.4) is 0 Å². The Balaban J connectivity index is 2.75. The predicted octanol–water partition coefficient (Wildman–Crippen LogP) is 2.22. The number of hydrogen-bond donors (Lipinski definition) is 1. The minimum absolute atomic E-state index is 0.00999. The van der Waals surface area contributed by atoms with Gasteiger partial charge in [0.25, 0.3) is 6.43 Å². The van der Waals surface area contributed by atoms with Crippen molar-refractivity contribution < 1.29 is 23.1 Å². The fourth-order valence-electron chi connectivity index (χ4n) is 1.40. The molecule has 0 radical (unpaired) electrons. The van der Waals surface area contributed by atoms with Crippen LogP contribution in [0.2, 0.25) is 0 Å². The van der Waals surface area contributed by atoms with E-state index in [-0.39, 0.29) is 17.7 Å². The Bertz CT molecular complexity index is 410. The Hall–Kier alpha value is -1.56. The molecule has 0 heterocycles. The molecule has 1 rings (SSSR count). The first kappa shape index (κ1) is 13.5. The quantitative estimate of drug-likeness (QED) is 0.867. The van der Waals surface area contributed by atoms with Crippen LogP contribution in [-0.4, -0.2) is 36.0 Å². The molecule has 1 aromatic rings. The minimum Gasteiger partial charge on any atom is -0.478 e. The number of carboxylic acids is 1. The smallest absolute Gasteiger partial charge is 0.335 e. The SMILES string of the molecule is CN(Cc1ccc(C(=O)O)cc1F)CC(F)F. The number of halogens is 3. The number of carbonyl (C=O) groups is 1. The number of aromatic carboxylic acids is 1. The number of benzene rings is 1. The van der Waals surface area contributed by atoms with Gasteiger partial charge in [0.2, 0.25) is 0 Å². The Kier molecular flexibility index (Phi) is 4.51. The molecule has 0 unspecified atom stereocenters. The second kappa shape index (κ2) is 5.67. The van der Waals surface area contributed by atoms with Crippen LogP contribution in [0.15, 0.2) is 18.2 Å². The van der Waals surface area contributed by atoms with Crippen molar-refractivity contribution in [2.24, 2.45) is 0 Å². The van der Waals surface area contributed by atoms with E-state index < -0.39 is 24.8 Å². The van der Waals surface area contributed by atoms with Crippen molar-refractivity contribution in [3.8, 4) is 0 Å². The molecule has 0 saturated carbocycles. The van der Waals surface area contributed by atoms with E-state index in [1.54, 1.807) is 0 Å². The van der Waals surface area contributed by atoms with E-state index in [1.807, 2.05) is 0 Å². The molecular formula is C11H12F3NO2. The van der Waals surface area contributed by atoms with Gasteiger partial charge in [-0.15, -0.1) is 0 Å². The van der Waals surface area contributed by atoms with Gasteiger partial charge in [0.1, 0.15) is 5.82 Å².